The fraction of sp³-hybridized carbons (Fsp3) is 0.200. The van der Waals surface area contributed by atoms with Gasteiger partial charge in [0.1, 0.15) is 11.6 Å². The summed E-state index contributed by atoms with van der Waals surface area (Å²) in [6.07, 6.45) is 9.05. The van der Waals surface area contributed by atoms with Crippen molar-refractivity contribution in [1.82, 2.24) is 4.57 Å². The predicted molar refractivity (Wildman–Crippen MR) is 201 cm³/mol. The first kappa shape index (κ1) is 31.1. The van der Waals surface area contributed by atoms with Crippen molar-refractivity contribution in [2.75, 3.05) is 0 Å². The number of carboxylic acid groups (broad SMARTS) is 1. The number of nitrogens with zero attached hydrogens (tertiary/aromatic N) is 2. The average molecular weight is 671 g/mol. The quantitative estimate of drug-likeness (QED) is 0.0799. The normalized spacial score (nSPS) is 12.0. The van der Waals surface area contributed by atoms with Gasteiger partial charge in [0, 0.05) is 47.2 Å². The van der Waals surface area contributed by atoms with E-state index < -0.39 is 5.97 Å². The molecule has 0 aliphatic heterocycles. The van der Waals surface area contributed by atoms with Crippen LogP contribution in [0.2, 0.25) is 0 Å². The summed E-state index contributed by atoms with van der Waals surface area (Å²) in [5.74, 6) is -1.21. The Morgan fingerprint density at radius 1 is 0.809 bits per heavy atom. The van der Waals surface area contributed by atoms with Crippen LogP contribution in [-0.2, 0) is 11.3 Å². The number of carboxylic acids is 1. The minimum absolute atomic E-state index is 0.259. The summed E-state index contributed by atoms with van der Waals surface area (Å²) in [7, 11) is 0. The summed E-state index contributed by atoms with van der Waals surface area (Å²) in [6.45, 7) is 3.27. The smallest absolute Gasteiger partial charge is 0.346 e. The lowest BCUT2D eigenvalue weighted by Crippen LogP contribution is -1.98. The predicted octanol–water partition coefficient (Wildman–Crippen LogP) is 12.5. The van der Waals surface area contributed by atoms with Gasteiger partial charge < -0.3 is 9.67 Å². The third kappa shape index (κ3) is 6.17. The Morgan fingerprint density at radius 3 is 2.30 bits per heavy atom. The van der Waals surface area contributed by atoms with Crippen LogP contribution in [0.25, 0.3) is 68.6 Å². The number of unbranched alkanes of at least 4 members (excludes halogenated alkanes) is 5. The maximum absolute atomic E-state index is 11.3. The zero-order chi connectivity index (χ0) is 32.3. The summed E-state index contributed by atoms with van der Waals surface area (Å²) in [4.78, 5) is 16.7. The monoisotopic (exact) mass is 670 g/mol. The molecule has 0 aliphatic rings. The van der Waals surface area contributed by atoms with Crippen molar-refractivity contribution in [3.8, 4) is 36.7 Å². The highest BCUT2D eigenvalue weighted by Gasteiger charge is 2.21. The molecule has 47 heavy (non-hydrogen) atoms. The molecule has 7 heteroatoms. The number of fused-ring (bicyclic) bond motifs is 5. The molecule has 0 atom stereocenters. The van der Waals surface area contributed by atoms with Gasteiger partial charge in [-0.15, -0.1) is 34.0 Å². The third-order valence-electron chi connectivity index (χ3n) is 8.69. The van der Waals surface area contributed by atoms with Crippen LogP contribution in [0.4, 0.5) is 0 Å². The van der Waals surface area contributed by atoms with Crippen LogP contribution in [0.1, 0.15) is 50.3 Å². The van der Waals surface area contributed by atoms with Gasteiger partial charge in [0.05, 0.1) is 10.2 Å². The van der Waals surface area contributed by atoms with Gasteiger partial charge in [-0.05, 0) is 71.5 Å². The molecule has 0 bridgehead atoms. The van der Waals surface area contributed by atoms with Gasteiger partial charge in [-0.3, -0.25) is 0 Å². The number of thiophene rings is 3. The van der Waals surface area contributed by atoms with Crippen LogP contribution in [0.15, 0.2) is 96.6 Å². The van der Waals surface area contributed by atoms with E-state index in [0.717, 1.165) is 21.2 Å². The Balaban J connectivity index is 1.33. The first-order chi connectivity index (χ1) is 23.1. The number of aryl methyl sites for hydroxylation is 1. The second kappa shape index (κ2) is 13.7. The van der Waals surface area contributed by atoms with Crippen molar-refractivity contribution in [2.45, 2.75) is 52.0 Å². The summed E-state index contributed by atoms with van der Waals surface area (Å²) in [5, 5.41) is 22.3. The molecule has 0 saturated heterocycles. The number of hydrogen-bond acceptors (Lipinski definition) is 5. The highest BCUT2D eigenvalue weighted by atomic mass is 32.1. The summed E-state index contributed by atoms with van der Waals surface area (Å²) < 4.78 is 3.92. The number of rotatable bonds is 12. The highest BCUT2D eigenvalue weighted by Crippen LogP contribution is 2.47. The van der Waals surface area contributed by atoms with Crippen LogP contribution in [0.3, 0.4) is 0 Å². The lowest BCUT2D eigenvalue weighted by molar-refractivity contribution is -0.132. The van der Waals surface area contributed by atoms with Crippen molar-refractivity contribution in [3.63, 3.8) is 0 Å². The molecule has 7 rings (SSSR count). The maximum atomic E-state index is 11.3. The molecule has 4 heterocycles. The molecule has 0 radical (unpaired) electrons. The summed E-state index contributed by atoms with van der Waals surface area (Å²) >= 11 is 5.12. The van der Waals surface area contributed by atoms with Crippen LogP contribution in [0.5, 0.6) is 0 Å². The number of carbonyl (C=O) groups is 1. The lowest BCUT2D eigenvalue weighted by atomic mass is 9.98. The van der Waals surface area contributed by atoms with Gasteiger partial charge in [-0.2, -0.15) is 5.26 Å². The van der Waals surface area contributed by atoms with Crippen LogP contribution >= 0.6 is 34.0 Å². The Bertz CT molecular complexity index is 2290. The Kier molecular flexibility index (Phi) is 9.08. The van der Waals surface area contributed by atoms with Crippen molar-refractivity contribution in [2.24, 2.45) is 0 Å². The molecule has 3 aromatic carbocycles. The molecule has 0 fully saturated rings. The van der Waals surface area contributed by atoms with Gasteiger partial charge in [0.2, 0.25) is 0 Å². The van der Waals surface area contributed by atoms with Gasteiger partial charge in [0.15, 0.2) is 0 Å². The van der Waals surface area contributed by atoms with Crippen LogP contribution in [0, 0.1) is 11.3 Å². The molecule has 0 saturated carbocycles. The fourth-order valence-corrected chi connectivity index (χ4v) is 9.76. The van der Waals surface area contributed by atoms with E-state index in [-0.39, 0.29) is 5.57 Å². The molecule has 4 nitrogen and oxygen atoms in total. The molecule has 234 valence electrons. The first-order valence-electron chi connectivity index (χ1n) is 16.1. The topological polar surface area (TPSA) is 66.0 Å². The van der Waals surface area contributed by atoms with Gasteiger partial charge in [-0.25, -0.2) is 4.79 Å². The molecule has 7 aromatic rings. The number of aliphatic carboxylic acids is 1. The third-order valence-corrected chi connectivity index (χ3v) is 12.4. The number of hydrogen-bond donors (Lipinski definition) is 1. The van der Waals surface area contributed by atoms with Crippen LogP contribution < -0.4 is 0 Å². The number of nitriles is 1. The minimum Gasteiger partial charge on any atom is -0.477 e. The summed E-state index contributed by atoms with van der Waals surface area (Å²) in [6, 6.07) is 34.4. The van der Waals surface area contributed by atoms with E-state index in [4.69, 9.17) is 5.26 Å². The summed E-state index contributed by atoms with van der Waals surface area (Å²) in [5.41, 5.74) is 4.90. The Morgan fingerprint density at radius 2 is 1.51 bits per heavy atom. The van der Waals surface area contributed by atoms with Crippen molar-refractivity contribution in [1.29, 1.82) is 5.26 Å². The van der Waals surface area contributed by atoms with E-state index in [2.05, 4.69) is 90.4 Å². The molecule has 0 unspecified atom stereocenters. The fourth-order valence-electron chi connectivity index (χ4n) is 6.44. The maximum Gasteiger partial charge on any atom is 0.346 e. The highest BCUT2D eigenvalue weighted by molar-refractivity contribution is 7.29. The lowest BCUT2D eigenvalue weighted by Gasteiger charge is -2.10. The molecule has 0 aliphatic carbocycles. The SMILES string of the molecule is CCCCCCCCn1c2ccccc2c2c(-c3ccccc3)cc3cc(-c4ccc(-c5ccc(/C=C(\C#N)C(=O)O)s5)s4)sc3c21. The first-order valence-corrected chi connectivity index (χ1v) is 18.6. The van der Waals surface area contributed by atoms with Gasteiger partial charge in [-0.1, -0.05) is 87.6 Å². The zero-order valence-corrected chi connectivity index (χ0v) is 28.6. The molecule has 1 N–H and O–H groups in total. The van der Waals surface area contributed by atoms with Crippen molar-refractivity contribution in [3.05, 3.63) is 101 Å². The number of para-hydroxylation sites is 1. The number of aromatic nitrogens is 1. The number of benzene rings is 3. The van der Waals surface area contributed by atoms with E-state index in [0.29, 0.717) is 0 Å². The molecular weight excluding hydrogens is 637 g/mol. The second-order valence-corrected chi connectivity index (χ2v) is 15.1. The van der Waals surface area contributed by atoms with Crippen molar-refractivity contribution < 1.29 is 9.90 Å². The average Bonchev–Trinajstić information content (AvgIpc) is 3.90. The molecular formula is C40H34N2O2S3. The largest absolute Gasteiger partial charge is 0.477 e. The Labute approximate surface area is 286 Å². The molecule has 4 aromatic heterocycles. The van der Waals surface area contributed by atoms with Gasteiger partial charge in [0.25, 0.3) is 0 Å². The van der Waals surface area contributed by atoms with E-state index in [1.165, 1.54) is 109 Å². The van der Waals surface area contributed by atoms with Crippen molar-refractivity contribution >= 4 is 77.9 Å². The molecule has 0 amide bonds. The van der Waals surface area contributed by atoms with E-state index >= 15 is 0 Å². The zero-order valence-electron chi connectivity index (χ0n) is 26.2. The Hall–Kier alpha value is -4.48. The van der Waals surface area contributed by atoms with Crippen LogP contribution in [-0.4, -0.2) is 15.6 Å². The minimum atomic E-state index is -1.21. The van der Waals surface area contributed by atoms with E-state index in [1.54, 1.807) is 17.4 Å². The second-order valence-electron chi connectivity index (χ2n) is 11.8. The molecule has 0 spiro atoms. The van der Waals surface area contributed by atoms with Gasteiger partial charge >= 0.3 is 5.97 Å². The standard InChI is InChI=1S/C40H34N2O2S3/c1-2-3-4-5-6-12-21-42-32-16-11-10-15-30(32)37-31(26-13-8-7-9-14-26)23-27-24-36(47-39(27)38(37)42)35-20-19-34(46-35)33-18-17-29(45-33)22-28(25-41)40(43)44/h7-11,13-20,22-24H,2-6,12,21H2,1H3,(H,43,44)/b28-22+. The van der Waals surface area contributed by atoms with E-state index in [9.17, 15) is 9.90 Å². The van der Waals surface area contributed by atoms with E-state index in [1.807, 2.05) is 23.5 Å².